The fourth-order valence-corrected chi connectivity index (χ4v) is 4.03. The standard InChI is InChI=1S/C25H35F2NO3/c1-2-28-24(31)13-9-4-3-8-12-20-21(23(30)18-22(20)29)15-17-25(26,27)16-14-19-10-6-5-7-11-19/h3,5-8,10-11,15,17,20-23,29-30H,2,4,9,12-14,16,18H2,1H3,(H,28,31)/t20-,21-,22?,23?/m1/s1. The third kappa shape index (κ3) is 8.91. The molecule has 0 aromatic heterocycles. The molecule has 3 N–H and O–H groups in total. The highest BCUT2D eigenvalue weighted by molar-refractivity contribution is 5.75. The Kier molecular flexibility index (Phi) is 10.3. The third-order valence-electron chi connectivity index (χ3n) is 5.79. The first-order chi connectivity index (χ1) is 14.8. The van der Waals surface area contributed by atoms with Crippen LogP contribution >= 0.6 is 0 Å². The normalized spacial score (nSPS) is 24.3. The first kappa shape index (κ1) is 25.2. The van der Waals surface area contributed by atoms with Crippen molar-refractivity contribution in [3.63, 3.8) is 0 Å². The molecule has 1 aliphatic rings. The second-order valence-corrected chi connectivity index (χ2v) is 8.27. The fraction of sp³-hybridized carbons (Fsp3) is 0.560. The minimum atomic E-state index is -2.97. The molecule has 0 saturated heterocycles. The van der Waals surface area contributed by atoms with E-state index in [4.69, 9.17) is 0 Å². The Morgan fingerprint density at radius 3 is 2.65 bits per heavy atom. The van der Waals surface area contributed by atoms with E-state index in [1.54, 1.807) is 0 Å². The Bertz CT molecular complexity index is 721. The molecule has 0 bridgehead atoms. The summed E-state index contributed by atoms with van der Waals surface area (Å²) in [6.07, 6.45) is 7.21. The molecule has 31 heavy (non-hydrogen) atoms. The number of benzene rings is 1. The van der Waals surface area contributed by atoms with Gasteiger partial charge in [-0.2, -0.15) is 0 Å². The van der Waals surface area contributed by atoms with Gasteiger partial charge in [-0.1, -0.05) is 48.6 Å². The Morgan fingerprint density at radius 2 is 1.94 bits per heavy atom. The fourth-order valence-electron chi connectivity index (χ4n) is 4.03. The average molecular weight is 436 g/mol. The first-order valence-corrected chi connectivity index (χ1v) is 11.2. The molecule has 1 aromatic rings. The molecule has 1 amide bonds. The topological polar surface area (TPSA) is 69.6 Å². The summed E-state index contributed by atoms with van der Waals surface area (Å²) in [5.74, 6) is -3.74. The molecule has 0 heterocycles. The van der Waals surface area contributed by atoms with E-state index in [-0.39, 0.29) is 31.1 Å². The monoisotopic (exact) mass is 435 g/mol. The summed E-state index contributed by atoms with van der Waals surface area (Å²) < 4.78 is 28.7. The lowest BCUT2D eigenvalue weighted by molar-refractivity contribution is -0.121. The van der Waals surface area contributed by atoms with Crippen LogP contribution in [-0.2, 0) is 11.2 Å². The third-order valence-corrected chi connectivity index (χ3v) is 5.79. The van der Waals surface area contributed by atoms with Crippen LogP contribution in [0.4, 0.5) is 8.78 Å². The number of hydrogen-bond donors (Lipinski definition) is 3. The Balaban J connectivity index is 1.84. The van der Waals surface area contributed by atoms with Gasteiger partial charge in [0.05, 0.1) is 12.2 Å². The Labute approximate surface area is 184 Å². The van der Waals surface area contributed by atoms with Gasteiger partial charge in [0.2, 0.25) is 5.91 Å². The highest BCUT2D eigenvalue weighted by atomic mass is 19.3. The van der Waals surface area contributed by atoms with Gasteiger partial charge in [-0.15, -0.1) is 0 Å². The summed E-state index contributed by atoms with van der Waals surface area (Å²) in [6, 6.07) is 9.17. The summed E-state index contributed by atoms with van der Waals surface area (Å²) in [6.45, 7) is 2.50. The number of unbranched alkanes of at least 4 members (excludes halogenated alkanes) is 1. The molecule has 172 valence electrons. The summed E-state index contributed by atoms with van der Waals surface area (Å²) in [7, 11) is 0. The predicted octanol–water partition coefficient (Wildman–Crippen LogP) is 4.42. The molecule has 1 aromatic carbocycles. The molecule has 4 atom stereocenters. The second-order valence-electron chi connectivity index (χ2n) is 8.27. The highest BCUT2D eigenvalue weighted by Crippen LogP contribution is 2.37. The molecule has 1 saturated carbocycles. The molecule has 1 fully saturated rings. The van der Waals surface area contributed by atoms with Crippen molar-refractivity contribution < 1.29 is 23.8 Å². The maximum absolute atomic E-state index is 14.3. The molecule has 0 spiro atoms. The zero-order valence-corrected chi connectivity index (χ0v) is 18.2. The highest BCUT2D eigenvalue weighted by Gasteiger charge is 2.40. The van der Waals surface area contributed by atoms with Crippen LogP contribution in [-0.4, -0.2) is 40.8 Å². The largest absolute Gasteiger partial charge is 0.393 e. The number of rotatable bonds is 12. The molecule has 4 nitrogen and oxygen atoms in total. The van der Waals surface area contributed by atoms with E-state index < -0.39 is 24.0 Å². The van der Waals surface area contributed by atoms with E-state index in [9.17, 15) is 23.8 Å². The lowest BCUT2D eigenvalue weighted by atomic mass is 9.89. The average Bonchev–Trinajstić information content (AvgIpc) is 3.01. The number of hydrogen-bond acceptors (Lipinski definition) is 3. The molecule has 1 aliphatic carbocycles. The number of carbonyl (C=O) groups excluding carboxylic acids is 1. The van der Waals surface area contributed by atoms with Crippen molar-refractivity contribution >= 4 is 5.91 Å². The van der Waals surface area contributed by atoms with Gasteiger partial charge in [0.15, 0.2) is 0 Å². The van der Waals surface area contributed by atoms with Crippen molar-refractivity contribution in [2.45, 2.75) is 70.0 Å². The van der Waals surface area contributed by atoms with Crippen LogP contribution in [0.2, 0.25) is 0 Å². The van der Waals surface area contributed by atoms with E-state index >= 15 is 0 Å². The maximum Gasteiger partial charge on any atom is 0.266 e. The SMILES string of the molecule is CCNC(=O)CCCC=CC[C@H]1C(O)CC(O)[C@@H]1C=CC(F)(F)CCc1ccccc1. The van der Waals surface area contributed by atoms with E-state index in [0.717, 1.165) is 24.5 Å². The smallest absolute Gasteiger partial charge is 0.266 e. The van der Waals surface area contributed by atoms with Crippen LogP contribution < -0.4 is 5.32 Å². The lowest BCUT2D eigenvalue weighted by Gasteiger charge is -2.20. The van der Waals surface area contributed by atoms with Crippen LogP contribution in [0.25, 0.3) is 0 Å². The van der Waals surface area contributed by atoms with Gasteiger partial charge < -0.3 is 15.5 Å². The molecule has 0 radical (unpaired) electrons. The van der Waals surface area contributed by atoms with Gasteiger partial charge in [-0.05, 0) is 50.2 Å². The Morgan fingerprint density at radius 1 is 1.19 bits per heavy atom. The summed E-state index contributed by atoms with van der Waals surface area (Å²) in [5.41, 5.74) is 0.863. The van der Waals surface area contributed by atoms with E-state index in [1.807, 2.05) is 49.4 Å². The number of allylic oxidation sites excluding steroid dienone is 3. The molecular formula is C25H35F2NO3. The van der Waals surface area contributed by atoms with Gasteiger partial charge >= 0.3 is 0 Å². The van der Waals surface area contributed by atoms with Crippen LogP contribution in [0.15, 0.2) is 54.6 Å². The summed E-state index contributed by atoms with van der Waals surface area (Å²) in [5, 5.41) is 23.3. The van der Waals surface area contributed by atoms with Gasteiger partial charge in [-0.3, -0.25) is 4.79 Å². The number of halogens is 2. The van der Waals surface area contributed by atoms with Crippen molar-refractivity contribution in [1.29, 1.82) is 0 Å². The summed E-state index contributed by atoms with van der Waals surface area (Å²) in [4.78, 5) is 11.4. The number of aliphatic hydroxyl groups is 2. The van der Waals surface area contributed by atoms with Gasteiger partial charge in [0, 0.05) is 31.7 Å². The zero-order chi connectivity index (χ0) is 22.7. The van der Waals surface area contributed by atoms with Gasteiger partial charge in [0.25, 0.3) is 5.92 Å². The molecule has 2 unspecified atom stereocenters. The van der Waals surface area contributed by atoms with Crippen molar-refractivity contribution in [1.82, 2.24) is 5.32 Å². The van der Waals surface area contributed by atoms with Crippen LogP contribution in [0.1, 0.15) is 51.0 Å². The number of aliphatic hydroxyl groups excluding tert-OH is 2. The summed E-state index contributed by atoms with van der Waals surface area (Å²) >= 11 is 0. The number of nitrogens with one attached hydrogen (secondary N) is 1. The molecule has 2 rings (SSSR count). The van der Waals surface area contributed by atoms with Gasteiger partial charge in [-0.25, -0.2) is 8.78 Å². The Hall–Kier alpha value is -2.05. The van der Waals surface area contributed by atoms with Crippen LogP contribution in [0.5, 0.6) is 0 Å². The quantitative estimate of drug-likeness (QED) is 0.336. The van der Waals surface area contributed by atoms with E-state index in [2.05, 4.69) is 5.32 Å². The van der Waals surface area contributed by atoms with E-state index in [0.29, 0.717) is 19.4 Å². The zero-order valence-electron chi connectivity index (χ0n) is 18.2. The number of aryl methyl sites for hydroxylation is 1. The minimum absolute atomic E-state index is 0.0311. The molecule has 6 heteroatoms. The maximum atomic E-state index is 14.3. The first-order valence-electron chi connectivity index (χ1n) is 11.2. The van der Waals surface area contributed by atoms with Crippen molar-refractivity contribution in [2.24, 2.45) is 11.8 Å². The molecule has 0 aliphatic heterocycles. The minimum Gasteiger partial charge on any atom is -0.393 e. The number of amides is 1. The molecular weight excluding hydrogens is 400 g/mol. The van der Waals surface area contributed by atoms with Crippen molar-refractivity contribution in [2.75, 3.05) is 6.54 Å². The van der Waals surface area contributed by atoms with E-state index in [1.165, 1.54) is 6.08 Å². The number of alkyl halides is 2. The predicted molar refractivity (Wildman–Crippen MR) is 119 cm³/mol. The van der Waals surface area contributed by atoms with Crippen LogP contribution in [0, 0.1) is 11.8 Å². The van der Waals surface area contributed by atoms with Crippen molar-refractivity contribution in [3.8, 4) is 0 Å². The second kappa shape index (κ2) is 12.7. The van der Waals surface area contributed by atoms with Gasteiger partial charge in [0.1, 0.15) is 0 Å². The lowest BCUT2D eigenvalue weighted by Crippen LogP contribution is -2.22. The van der Waals surface area contributed by atoms with Crippen LogP contribution in [0.3, 0.4) is 0 Å². The van der Waals surface area contributed by atoms with Crippen molar-refractivity contribution in [3.05, 3.63) is 60.2 Å². The number of carbonyl (C=O) groups is 1.